The molecule has 0 aromatic heterocycles. The van der Waals surface area contributed by atoms with Crippen LogP contribution < -0.4 is 0 Å². The van der Waals surface area contributed by atoms with E-state index in [-0.39, 0.29) is 0 Å². The number of rotatable bonds is 6. The van der Waals surface area contributed by atoms with Crippen LogP contribution in [0.1, 0.15) is 42.6 Å². The predicted molar refractivity (Wildman–Crippen MR) is 87.1 cm³/mol. The van der Waals surface area contributed by atoms with Gasteiger partial charge in [0, 0.05) is 0 Å². The molecule has 0 aliphatic carbocycles. The molecule has 4 heteroatoms. The highest BCUT2D eigenvalue weighted by Crippen LogP contribution is 2.33. The second kappa shape index (κ2) is 7.24. The van der Waals surface area contributed by atoms with Crippen LogP contribution >= 0.6 is 0 Å². The van der Waals surface area contributed by atoms with Gasteiger partial charge in [0.1, 0.15) is 0 Å². The molecule has 0 heterocycles. The Hall–Kier alpha value is -2.12. The number of benzene rings is 2. The van der Waals surface area contributed by atoms with Crippen LogP contribution in [0.25, 0.3) is 0 Å². The minimum Gasteiger partial charge on any atom is -0.223 e. The zero-order chi connectivity index (χ0) is 16.0. The summed E-state index contributed by atoms with van der Waals surface area (Å²) >= 11 is 0. The van der Waals surface area contributed by atoms with Crippen molar-refractivity contribution in [2.45, 2.75) is 36.3 Å². The van der Waals surface area contributed by atoms with E-state index in [2.05, 4.69) is 6.07 Å². The van der Waals surface area contributed by atoms with E-state index in [1.165, 1.54) is 0 Å². The van der Waals surface area contributed by atoms with Gasteiger partial charge in [0.2, 0.25) is 0 Å². The third-order valence-electron chi connectivity index (χ3n) is 3.68. The Morgan fingerprint density at radius 2 is 1.68 bits per heavy atom. The van der Waals surface area contributed by atoms with Crippen LogP contribution in [0.5, 0.6) is 0 Å². The Kier molecular flexibility index (Phi) is 5.35. The van der Waals surface area contributed by atoms with Gasteiger partial charge in [0.15, 0.2) is 9.84 Å². The first kappa shape index (κ1) is 16.3. The number of hydrogen-bond donors (Lipinski definition) is 0. The van der Waals surface area contributed by atoms with Crippen LogP contribution in [-0.2, 0) is 9.84 Å². The van der Waals surface area contributed by atoms with Crippen molar-refractivity contribution in [3.05, 3.63) is 65.7 Å². The summed E-state index contributed by atoms with van der Waals surface area (Å²) in [5.74, 6) is 0. The smallest absolute Gasteiger partial charge is 0.185 e. The largest absolute Gasteiger partial charge is 0.223 e. The average Bonchev–Trinajstić information content (AvgIpc) is 2.56. The van der Waals surface area contributed by atoms with Crippen LogP contribution in [0.15, 0.2) is 59.5 Å². The Labute approximate surface area is 132 Å². The van der Waals surface area contributed by atoms with Gasteiger partial charge < -0.3 is 0 Å². The molecule has 0 radical (unpaired) electrons. The molecule has 0 aliphatic heterocycles. The lowest BCUT2D eigenvalue weighted by Gasteiger charge is -2.18. The molecule has 0 amide bonds. The van der Waals surface area contributed by atoms with E-state index in [9.17, 15) is 8.42 Å². The van der Waals surface area contributed by atoms with Gasteiger partial charge in [-0.2, -0.15) is 5.26 Å². The van der Waals surface area contributed by atoms with E-state index in [0.717, 1.165) is 18.4 Å². The fourth-order valence-electron chi connectivity index (χ4n) is 2.44. The van der Waals surface area contributed by atoms with E-state index in [0.29, 0.717) is 16.9 Å². The molecule has 0 N–H and O–H groups in total. The molecular weight excluding hydrogens is 294 g/mol. The van der Waals surface area contributed by atoms with E-state index in [1.807, 2.05) is 13.0 Å². The van der Waals surface area contributed by atoms with Crippen molar-refractivity contribution in [1.82, 2.24) is 0 Å². The van der Waals surface area contributed by atoms with Gasteiger partial charge in [-0.3, -0.25) is 0 Å². The fourth-order valence-corrected chi connectivity index (χ4v) is 4.29. The monoisotopic (exact) mass is 313 g/mol. The number of unbranched alkanes of at least 4 members (excludes halogenated alkanes) is 1. The maximum Gasteiger partial charge on any atom is 0.185 e. The molecule has 22 heavy (non-hydrogen) atoms. The van der Waals surface area contributed by atoms with Gasteiger partial charge in [0.05, 0.1) is 21.8 Å². The molecule has 0 saturated heterocycles. The Bertz CT molecular complexity index is 744. The van der Waals surface area contributed by atoms with Crippen molar-refractivity contribution in [2.24, 2.45) is 0 Å². The SMILES string of the molecule is CCCCC(c1ccc(C#N)cc1)S(=O)(=O)c1ccccc1. The van der Waals surface area contributed by atoms with Gasteiger partial charge in [-0.1, -0.05) is 50.1 Å². The van der Waals surface area contributed by atoms with Crippen LogP contribution in [0.4, 0.5) is 0 Å². The summed E-state index contributed by atoms with van der Waals surface area (Å²) in [6.07, 6.45) is 2.37. The normalized spacial score (nSPS) is 12.5. The highest BCUT2D eigenvalue weighted by molar-refractivity contribution is 7.91. The van der Waals surface area contributed by atoms with Gasteiger partial charge in [-0.25, -0.2) is 8.42 Å². The highest BCUT2D eigenvalue weighted by atomic mass is 32.2. The van der Waals surface area contributed by atoms with E-state index in [1.54, 1.807) is 48.5 Å². The van der Waals surface area contributed by atoms with Crippen LogP contribution in [-0.4, -0.2) is 8.42 Å². The van der Waals surface area contributed by atoms with E-state index < -0.39 is 15.1 Å². The minimum atomic E-state index is -3.43. The second-order valence-corrected chi connectivity index (χ2v) is 7.35. The van der Waals surface area contributed by atoms with Gasteiger partial charge >= 0.3 is 0 Å². The molecule has 0 saturated carbocycles. The van der Waals surface area contributed by atoms with Crippen molar-refractivity contribution in [3.63, 3.8) is 0 Å². The van der Waals surface area contributed by atoms with E-state index >= 15 is 0 Å². The number of nitrogens with zero attached hydrogens (tertiary/aromatic N) is 1. The first-order valence-electron chi connectivity index (χ1n) is 7.38. The number of nitriles is 1. The van der Waals surface area contributed by atoms with Crippen molar-refractivity contribution in [2.75, 3.05) is 0 Å². The number of hydrogen-bond acceptors (Lipinski definition) is 3. The Morgan fingerprint density at radius 1 is 1.05 bits per heavy atom. The minimum absolute atomic E-state index is 0.348. The highest BCUT2D eigenvalue weighted by Gasteiger charge is 2.28. The lowest BCUT2D eigenvalue weighted by molar-refractivity contribution is 0.568. The second-order valence-electron chi connectivity index (χ2n) is 5.22. The van der Waals surface area contributed by atoms with Gasteiger partial charge in [0.25, 0.3) is 0 Å². The summed E-state index contributed by atoms with van der Waals surface area (Å²) in [5.41, 5.74) is 1.28. The van der Waals surface area contributed by atoms with Crippen LogP contribution in [0, 0.1) is 11.3 Å². The maximum atomic E-state index is 12.9. The Morgan fingerprint density at radius 3 is 2.23 bits per heavy atom. The molecule has 2 aromatic rings. The van der Waals surface area contributed by atoms with Crippen molar-refractivity contribution in [3.8, 4) is 6.07 Å². The van der Waals surface area contributed by atoms with Gasteiger partial charge in [-0.15, -0.1) is 0 Å². The lowest BCUT2D eigenvalue weighted by atomic mass is 10.1. The molecule has 0 spiro atoms. The molecular formula is C18H19NO2S. The van der Waals surface area contributed by atoms with Gasteiger partial charge in [-0.05, 0) is 36.2 Å². The first-order chi connectivity index (χ1) is 10.6. The summed E-state index contributed by atoms with van der Waals surface area (Å²) in [5, 5.41) is 8.31. The van der Waals surface area contributed by atoms with Crippen molar-refractivity contribution >= 4 is 9.84 Å². The summed E-state index contributed by atoms with van der Waals surface area (Å²) in [6, 6.07) is 17.5. The molecule has 0 bridgehead atoms. The summed E-state index contributed by atoms with van der Waals surface area (Å²) in [4.78, 5) is 0.348. The topological polar surface area (TPSA) is 57.9 Å². The zero-order valence-corrected chi connectivity index (χ0v) is 13.4. The third kappa shape index (κ3) is 3.55. The van der Waals surface area contributed by atoms with Crippen LogP contribution in [0.2, 0.25) is 0 Å². The Balaban J connectivity index is 2.43. The summed E-state index contributed by atoms with van der Waals surface area (Å²) < 4.78 is 25.9. The van der Waals surface area contributed by atoms with Crippen molar-refractivity contribution < 1.29 is 8.42 Å². The van der Waals surface area contributed by atoms with Crippen molar-refractivity contribution in [1.29, 1.82) is 5.26 Å². The molecule has 0 fully saturated rings. The lowest BCUT2D eigenvalue weighted by Crippen LogP contribution is -2.14. The van der Waals surface area contributed by atoms with Crippen LogP contribution in [0.3, 0.4) is 0 Å². The number of sulfone groups is 1. The molecule has 1 atom stereocenters. The molecule has 2 rings (SSSR count). The quantitative estimate of drug-likeness (QED) is 0.800. The molecule has 1 unspecified atom stereocenters. The third-order valence-corrected chi connectivity index (χ3v) is 5.86. The molecule has 114 valence electrons. The molecule has 0 aliphatic rings. The predicted octanol–water partition coefficient (Wildman–Crippen LogP) is 4.26. The summed E-state index contributed by atoms with van der Waals surface area (Å²) in [6.45, 7) is 2.05. The standard InChI is InChI=1S/C18H19NO2S/c1-2-3-9-18(16-12-10-15(14-19)11-13-16)22(20,21)17-7-5-4-6-8-17/h4-8,10-13,18H,2-3,9H2,1H3. The van der Waals surface area contributed by atoms with E-state index in [4.69, 9.17) is 5.26 Å². The molecule has 3 nitrogen and oxygen atoms in total. The maximum absolute atomic E-state index is 12.9. The zero-order valence-electron chi connectivity index (χ0n) is 12.6. The fraction of sp³-hybridized carbons (Fsp3) is 0.278. The average molecular weight is 313 g/mol. The first-order valence-corrected chi connectivity index (χ1v) is 8.93. The molecule has 2 aromatic carbocycles. The summed E-state index contributed by atoms with van der Waals surface area (Å²) in [7, 11) is -3.43.